The number of carbonyl (C=O) groups excluding carboxylic acids is 1. The summed E-state index contributed by atoms with van der Waals surface area (Å²) in [4.78, 5) is 24.1. The Morgan fingerprint density at radius 3 is 2.71 bits per heavy atom. The van der Waals surface area contributed by atoms with E-state index in [1.165, 1.54) is 0 Å². The van der Waals surface area contributed by atoms with Crippen LogP contribution in [0.3, 0.4) is 0 Å². The van der Waals surface area contributed by atoms with Gasteiger partial charge in [-0.15, -0.1) is 0 Å². The molecule has 6 rings (SSSR count). The zero-order valence-corrected chi connectivity index (χ0v) is 25.3. The summed E-state index contributed by atoms with van der Waals surface area (Å²) >= 11 is 6.91. The van der Waals surface area contributed by atoms with E-state index in [-0.39, 0.29) is 12.8 Å². The number of rotatable bonds is 4. The van der Waals surface area contributed by atoms with Crippen molar-refractivity contribution in [1.29, 1.82) is 0 Å². The molecule has 2 fully saturated rings. The standard InChI is InChI=1S/C29H36ClFN8O3/c1-16-26(38-12-11-21(19(31)15-38)33-28(40)42-29(2,3)4)34-27-25(32-16)24(36-39(27)22-8-6-7-13-41-22)17-9-10-20-18(23(17)30)14-37(5)35-20/h9-10,14,19,21-22H,6-8,11-13,15H2,1-5H3,(H,33,40)/t19-,21+,22?/m1/s1. The van der Waals surface area contributed by atoms with Crippen molar-refractivity contribution in [3.05, 3.63) is 29.0 Å². The number of fused-ring (bicyclic) bond motifs is 2. The highest BCUT2D eigenvalue weighted by Gasteiger charge is 2.34. The van der Waals surface area contributed by atoms with Gasteiger partial charge in [-0.05, 0) is 65.5 Å². The first kappa shape index (κ1) is 28.6. The van der Waals surface area contributed by atoms with E-state index in [4.69, 9.17) is 36.1 Å². The highest BCUT2D eigenvalue weighted by atomic mass is 35.5. The first-order valence-electron chi connectivity index (χ1n) is 14.4. The average Bonchev–Trinajstić information content (AvgIpc) is 3.49. The Bertz CT molecular complexity index is 1640. The number of alkyl halides is 1. The van der Waals surface area contributed by atoms with Crippen LogP contribution in [-0.4, -0.2) is 73.1 Å². The zero-order valence-electron chi connectivity index (χ0n) is 24.5. The van der Waals surface area contributed by atoms with Crippen LogP contribution in [-0.2, 0) is 16.5 Å². The molecule has 3 aromatic heterocycles. The molecule has 1 amide bonds. The Morgan fingerprint density at radius 1 is 1.19 bits per heavy atom. The van der Waals surface area contributed by atoms with Crippen LogP contribution >= 0.6 is 11.6 Å². The molecule has 2 aliphatic rings. The summed E-state index contributed by atoms with van der Waals surface area (Å²) in [6.07, 6.45) is 2.86. The Morgan fingerprint density at radius 2 is 2.00 bits per heavy atom. The van der Waals surface area contributed by atoms with Crippen LogP contribution in [0.4, 0.5) is 15.0 Å². The molecule has 3 atom stereocenters. The van der Waals surface area contributed by atoms with Gasteiger partial charge in [0.1, 0.15) is 23.0 Å². The Kier molecular flexibility index (Phi) is 7.46. The monoisotopic (exact) mass is 598 g/mol. The van der Waals surface area contributed by atoms with Crippen LogP contribution in [0.5, 0.6) is 0 Å². The highest BCUT2D eigenvalue weighted by Crippen LogP contribution is 2.38. The van der Waals surface area contributed by atoms with Crippen molar-refractivity contribution in [3.63, 3.8) is 0 Å². The van der Waals surface area contributed by atoms with Gasteiger partial charge in [-0.25, -0.2) is 23.8 Å². The highest BCUT2D eigenvalue weighted by molar-refractivity contribution is 6.38. The van der Waals surface area contributed by atoms with Crippen LogP contribution in [0, 0.1) is 6.92 Å². The number of aromatic nitrogens is 6. The molecule has 5 heterocycles. The van der Waals surface area contributed by atoms with E-state index in [0.717, 1.165) is 35.7 Å². The predicted molar refractivity (Wildman–Crippen MR) is 159 cm³/mol. The fraction of sp³-hybridized carbons (Fsp3) is 0.552. The zero-order chi connectivity index (χ0) is 29.8. The molecule has 0 aliphatic carbocycles. The molecule has 1 N–H and O–H groups in total. The van der Waals surface area contributed by atoms with E-state index >= 15 is 4.39 Å². The predicted octanol–water partition coefficient (Wildman–Crippen LogP) is 5.48. The summed E-state index contributed by atoms with van der Waals surface area (Å²) in [5, 5.41) is 13.5. The number of piperidine rings is 1. The van der Waals surface area contributed by atoms with Gasteiger partial charge in [-0.2, -0.15) is 10.2 Å². The van der Waals surface area contributed by atoms with Gasteiger partial charge in [0.15, 0.2) is 17.7 Å². The number of ether oxygens (including phenoxy) is 2. The van der Waals surface area contributed by atoms with Gasteiger partial charge in [0, 0.05) is 37.3 Å². The van der Waals surface area contributed by atoms with Crippen LogP contribution < -0.4 is 10.2 Å². The van der Waals surface area contributed by atoms with E-state index in [1.807, 2.05) is 37.2 Å². The Labute approximate surface area is 248 Å². The van der Waals surface area contributed by atoms with Crippen molar-refractivity contribution in [2.24, 2.45) is 7.05 Å². The van der Waals surface area contributed by atoms with Crippen molar-refractivity contribution in [1.82, 2.24) is 34.8 Å². The number of nitrogens with zero attached hydrogens (tertiary/aromatic N) is 7. The van der Waals surface area contributed by atoms with E-state index in [2.05, 4.69) is 10.4 Å². The van der Waals surface area contributed by atoms with Crippen LogP contribution in [0.25, 0.3) is 33.3 Å². The lowest BCUT2D eigenvalue weighted by atomic mass is 10.0. The fourth-order valence-corrected chi connectivity index (χ4v) is 6.00. The summed E-state index contributed by atoms with van der Waals surface area (Å²) in [5.41, 5.74) is 3.30. The largest absolute Gasteiger partial charge is 0.444 e. The molecule has 11 nitrogen and oxygen atoms in total. The van der Waals surface area contributed by atoms with Crippen LogP contribution in [0.2, 0.25) is 5.02 Å². The SMILES string of the molecule is Cc1nc2c(-c3ccc4nn(C)cc4c3Cl)nn(C3CCCCO3)c2nc1N1CC[C@H](NC(=O)OC(C)(C)C)[C@H](F)C1. The first-order chi connectivity index (χ1) is 20.0. The summed E-state index contributed by atoms with van der Waals surface area (Å²) in [7, 11) is 1.86. The minimum absolute atomic E-state index is 0.0614. The van der Waals surface area contributed by atoms with E-state index in [0.29, 0.717) is 53.0 Å². The molecule has 13 heteroatoms. The number of benzene rings is 1. The minimum Gasteiger partial charge on any atom is -0.444 e. The number of nitrogens with one attached hydrogen (secondary N) is 1. The maximum absolute atomic E-state index is 15.4. The minimum atomic E-state index is -1.31. The maximum Gasteiger partial charge on any atom is 0.407 e. The van der Waals surface area contributed by atoms with Gasteiger partial charge in [-0.3, -0.25) is 4.68 Å². The number of halogens is 2. The lowest BCUT2D eigenvalue weighted by Crippen LogP contribution is -2.53. The topological polar surface area (TPSA) is 112 Å². The molecular weight excluding hydrogens is 563 g/mol. The number of hydrogen-bond donors (Lipinski definition) is 1. The molecular formula is C29H36ClFN8O3. The summed E-state index contributed by atoms with van der Waals surface area (Å²) in [6, 6.07) is 3.18. The Balaban J connectivity index is 1.36. The van der Waals surface area contributed by atoms with Crippen molar-refractivity contribution in [2.75, 3.05) is 24.6 Å². The molecule has 0 spiro atoms. The Hall–Kier alpha value is -3.51. The smallest absolute Gasteiger partial charge is 0.407 e. The van der Waals surface area contributed by atoms with Crippen molar-refractivity contribution < 1.29 is 18.7 Å². The third-order valence-electron chi connectivity index (χ3n) is 7.64. The second kappa shape index (κ2) is 11.0. The first-order valence-corrected chi connectivity index (χ1v) is 14.8. The number of amides is 1. The van der Waals surface area contributed by atoms with Gasteiger partial charge in [-0.1, -0.05) is 11.6 Å². The van der Waals surface area contributed by atoms with E-state index < -0.39 is 23.9 Å². The fourth-order valence-electron chi connectivity index (χ4n) is 5.70. The van der Waals surface area contributed by atoms with Crippen LogP contribution in [0.15, 0.2) is 18.3 Å². The van der Waals surface area contributed by atoms with Crippen molar-refractivity contribution >= 4 is 45.6 Å². The number of alkyl carbamates (subject to hydrolysis) is 1. The third-order valence-corrected chi connectivity index (χ3v) is 8.05. The van der Waals surface area contributed by atoms with Crippen LogP contribution in [0.1, 0.15) is 58.4 Å². The van der Waals surface area contributed by atoms with Gasteiger partial charge >= 0.3 is 6.09 Å². The molecule has 2 saturated heterocycles. The third kappa shape index (κ3) is 5.49. The molecule has 2 aliphatic heterocycles. The van der Waals surface area contributed by atoms with E-state index in [9.17, 15) is 4.79 Å². The summed E-state index contributed by atoms with van der Waals surface area (Å²) in [6.45, 7) is 8.39. The second-order valence-electron chi connectivity index (χ2n) is 12.1. The van der Waals surface area contributed by atoms with E-state index in [1.54, 1.807) is 30.1 Å². The molecule has 1 unspecified atom stereocenters. The van der Waals surface area contributed by atoms with Gasteiger partial charge in [0.05, 0.1) is 28.8 Å². The van der Waals surface area contributed by atoms with Crippen molar-refractivity contribution in [3.8, 4) is 11.3 Å². The maximum atomic E-state index is 15.4. The molecule has 0 bridgehead atoms. The molecule has 0 radical (unpaired) electrons. The molecule has 224 valence electrons. The average molecular weight is 599 g/mol. The molecule has 42 heavy (non-hydrogen) atoms. The van der Waals surface area contributed by atoms with Gasteiger partial charge < -0.3 is 19.7 Å². The molecule has 4 aromatic rings. The lowest BCUT2D eigenvalue weighted by Gasteiger charge is -2.36. The number of carbonyl (C=O) groups is 1. The van der Waals surface area contributed by atoms with Gasteiger partial charge in [0.2, 0.25) is 0 Å². The normalized spacial score (nSPS) is 21.7. The lowest BCUT2D eigenvalue weighted by molar-refractivity contribution is -0.0368. The second-order valence-corrected chi connectivity index (χ2v) is 12.5. The quantitative estimate of drug-likeness (QED) is 0.328. The number of anilines is 1. The summed E-state index contributed by atoms with van der Waals surface area (Å²) in [5.74, 6) is 0.582. The van der Waals surface area contributed by atoms with Crippen molar-refractivity contribution in [2.45, 2.75) is 77.4 Å². The molecule has 1 aromatic carbocycles. The summed E-state index contributed by atoms with van der Waals surface area (Å²) < 4.78 is 30.3. The number of hydrogen-bond acceptors (Lipinski definition) is 8. The van der Waals surface area contributed by atoms with Gasteiger partial charge in [0.25, 0.3) is 0 Å². The number of aryl methyl sites for hydroxylation is 2. The molecule has 0 saturated carbocycles.